The molecule has 0 bridgehead atoms. The van der Waals surface area contributed by atoms with Crippen LogP contribution in [0.15, 0.2) is 59.5 Å². The number of halogens is 1. The molecule has 2 heterocycles. The molecule has 0 spiro atoms. The Hall–Kier alpha value is -3.06. The maximum absolute atomic E-state index is 12.2. The average Bonchev–Trinajstić information content (AvgIpc) is 3.33. The third-order valence-corrected chi connectivity index (χ3v) is 4.30. The van der Waals surface area contributed by atoms with Crippen LogP contribution in [0.3, 0.4) is 0 Å². The molecule has 1 aromatic carbocycles. The van der Waals surface area contributed by atoms with Crippen LogP contribution in [-0.4, -0.2) is 28.1 Å². The lowest BCUT2D eigenvalue weighted by Gasteiger charge is -2.16. The zero-order valence-electron chi connectivity index (χ0n) is 14.0. The summed E-state index contributed by atoms with van der Waals surface area (Å²) < 4.78 is 7.06. The number of anilines is 1. The van der Waals surface area contributed by atoms with Gasteiger partial charge in [-0.1, -0.05) is 17.7 Å². The highest BCUT2D eigenvalue weighted by Gasteiger charge is 2.21. The van der Waals surface area contributed by atoms with Crippen LogP contribution in [-0.2, 0) is 9.59 Å². The highest BCUT2D eigenvalue weighted by Crippen LogP contribution is 2.23. The van der Waals surface area contributed by atoms with Gasteiger partial charge in [0.1, 0.15) is 11.8 Å². The van der Waals surface area contributed by atoms with Crippen molar-refractivity contribution in [1.29, 1.82) is 0 Å². The van der Waals surface area contributed by atoms with Crippen LogP contribution in [0, 0.1) is 6.92 Å². The van der Waals surface area contributed by atoms with Crippen molar-refractivity contribution in [3.63, 3.8) is 0 Å². The van der Waals surface area contributed by atoms with E-state index in [2.05, 4.69) is 15.7 Å². The summed E-state index contributed by atoms with van der Waals surface area (Å²) in [6.45, 7) is 1.91. The molecule has 0 saturated carbocycles. The normalized spacial score (nSPS) is 11.8. The van der Waals surface area contributed by atoms with Crippen molar-refractivity contribution in [3.8, 4) is 0 Å². The fraction of sp³-hybridized carbons (Fsp3) is 0.167. The van der Waals surface area contributed by atoms with Crippen LogP contribution in [0.25, 0.3) is 0 Å². The Morgan fingerprint density at radius 3 is 2.77 bits per heavy atom. The number of amides is 2. The van der Waals surface area contributed by atoms with Crippen LogP contribution < -0.4 is 10.6 Å². The van der Waals surface area contributed by atoms with Crippen molar-refractivity contribution in [2.24, 2.45) is 0 Å². The Morgan fingerprint density at radius 2 is 2.08 bits per heavy atom. The predicted molar refractivity (Wildman–Crippen MR) is 96.9 cm³/mol. The van der Waals surface area contributed by atoms with Gasteiger partial charge in [0.2, 0.25) is 0 Å². The molecule has 0 aliphatic carbocycles. The van der Waals surface area contributed by atoms with Crippen LogP contribution in [0.4, 0.5) is 5.69 Å². The lowest BCUT2D eigenvalue weighted by atomic mass is 10.2. The number of furan rings is 1. The van der Waals surface area contributed by atoms with Crippen LogP contribution in [0.5, 0.6) is 0 Å². The van der Waals surface area contributed by atoms with Gasteiger partial charge in [-0.25, -0.2) is 0 Å². The molecule has 0 saturated heterocycles. The van der Waals surface area contributed by atoms with Gasteiger partial charge in [-0.15, -0.1) is 0 Å². The first kappa shape index (κ1) is 17.8. The van der Waals surface area contributed by atoms with Gasteiger partial charge in [0, 0.05) is 29.6 Å². The molecule has 0 fully saturated rings. The van der Waals surface area contributed by atoms with Gasteiger partial charge in [-0.05, 0) is 42.8 Å². The number of nitrogens with one attached hydrogen (secondary N) is 2. The first-order valence-corrected chi connectivity index (χ1v) is 8.31. The zero-order chi connectivity index (χ0) is 18.5. The third kappa shape index (κ3) is 3.94. The zero-order valence-corrected chi connectivity index (χ0v) is 14.7. The lowest BCUT2D eigenvalue weighted by molar-refractivity contribution is -0.136. The predicted octanol–water partition coefficient (Wildman–Crippen LogP) is 2.78. The number of hydrogen-bond acceptors (Lipinski definition) is 4. The molecule has 8 heteroatoms. The molecule has 0 aliphatic heterocycles. The Bertz CT molecular complexity index is 857. The second-order valence-electron chi connectivity index (χ2n) is 5.59. The first-order valence-electron chi connectivity index (χ1n) is 7.93. The van der Waals surface area contributed by atoms with Crippen LogP contribution in [0.1, 0.15) is 17.4 Å². The van der Waals surface area contributed by atoms with E-state index < -0.39 is 11.8 Å². The van der Waals surface area contributed by atoms with Crippen molar-refractivity contribution >= 4 is 29.1 Å². The lowest BCUT2D eigenvalue weighted by Crippen LogP contribution is -2.39. The highest BCUT2D eigenvalue weighted by atomic mass is 35.5. The van der Waals surface area contributed by atoms with Crippen molar-refractivity contribution in [3.05, 3.63) is 71.4 Å². The molecule has 2 aromatic heterocycles. The third-order valence-electron chi connectivity index (χ3n) is 3.89. The molecular formula is C18H17ClN4O3. The van der Waals surface area contributed by atoms with E-state index in [4.69, 9.17) is 16.0 Å². The molecular weight excluding hydrogens is 356 g/mol. The highest BCUT2D eigenvalue weighted by molar-refractivity contribution is 6.40. The number of carbonyl (C=O) groups is 2. The Morgan fingerprint density at radius 1 is 1.23 bits per heavy atom. The minimum absolute atomic E-state index is 0.149. The van der Waals surface area contributed by atoms with Gasteiger partial charge in [-0.2, -0.15) is 5.10 Å². The molecule has 0 unspecified atom stereocenters. The summed E-state index contributed by atoms with van der Waals surface area (Å²) in [6, 6.07) is 10.0. The van der Waals surface area contributed by atoms with E-state index in [0.29, 0.717) is 22.0 Å². The summed E-state index contributed by atoms with van der Waals surface area (Å²) in [5.74, 6) is -0.901. The maximum atomic E-state index is 12.2. The molecule has 0 radical (unpaired) electrons. The average molecular weight is 373 g/mol. The van der Waals surface area contributed by atoms with E-state index >= 15 is 0 Å². The maximum Gasteiger partial charge on any atom is 0.313 e. The largest absolute Gasteiger partial charge is 0.467 e. The van der Waals surface area contributed by atoms with Gasteiger partial charge in [0.05, 0.1) is 6.26 Å². The van der Waals surface area contributed by atoms with Gasteiger partial charge < -0.3 is 15.1 Å². The van der Waals surface area contributed by atoms with Gasteiger partial charge in [-0.3, -0.25) is 14.3 Å². The molecule has 3 rings (SSSR count). The number of benzene rings is 1. The van der Waals surface area contributed by atoms with Crippen molar-refractivity contribution in [2.75, 3.05) is 11.9 Å². The van der Waals surface area contributed by atoms with Gasteiger partial charge in [0.25, 0.3) is 0 Å². The number of aromatic nitrogens is 2. The summed E-state index contributed by atoms with van der Waals surface area (Å²) >= 11 is 6.02. The van der Waals surface area contributed by atoms with Crippen molar-refractivity contribution < 1.29 is 14.0 Å². The molecule has 134 valence electrons. The van der Waals surface area contributed by atoms with Crippen molar-refractivity contribution in [2.45, 2.75) is 13.0 Å². The number of nitrogens with zero attached hydrogens (tertiary/aromatic N) is 2. The van der Waals surface area contributed by atoms with E-state index in [9.17, 15) is 9.59 Å². The molecule has 26 heavy (non-hydrogen) atoms. The fourth-order valence-corrected chi connectivity index (χ4v) is 2.64. The van der Waals surface area contributed by atoms with Crippen LogP contribution >= 0.6 is 11.6 Å². The standard InChI is InChI=1S/C18H17ClN4O3/c1-12-13(19)5-2-6-14(12)22-18(25)17(24)20-11-15(16-7-3-10-26-16)23-9-4-8-21-23/h2-10,15H,11H2,1H3,(H,20,24)(H,22,25)/t15-/m1/s1. The summed E-state index contributed by atoms with van der Waals surface area (Å²) in [5.41, 5.74) is 1.19. The molecule has 3 aromatic rings. The minimum Gasteiger partial charge on any atom is -0.467 e. The smallest absolute Gasteiger partial charge is 0.313 e. The molecule has 0 aliphatic rings. The topological polar surface area (TPSA) is 89.2 Å². The van der Waals surface area contributed by atoms with E-state index in [-0.39, 0.29) is 12.6 Å². The SMILES string of the molecule is Cc1c(Cl)cccc1NC(=O)C(=O)NC[C@H](c1ccco1)n1cccn1. The van der Waals surface area contributed by atoms with Crippen molar-refractivity contribution in [1.82, 2.24) is 15.1 Å². The van der Waals surface area contributed by atoms with E-state index in [1.807, 2.05) is 0 Å². The Kier molecular flexibility index (Phi) is 5.38. The summed E-state index contributed by atoms with van der Waals surface area (Å²) in [4.78, 5) is 24.3. The molecule has 2 amide bonds. The monoisotopic (exact) mass is 372 g/mol. The second-order valence-corrected chi connectivity index (χ2v) is 6.00. The van der Waals surface area contributed by atoms with Gasteiger partial charge in [0.15, 0.2) is 0 Å². The number of carbonyl (C=O) groups excluding carboxylic acids is 2. The quantitative estimate of drug-likeness (QED) is 0.674. The Labute approximate surface area is 154 Å². The summed E-state index contributed by atoms with van der Waals surface area (Å²) in [7, 11) is 0. The second kappa shape index (κ2) is 7.88. The van der Waals surface area contributed by atoms with Gasteiger partial charge >= 0.3 is 11.8 Å². The first-order chi connectivity index (χ1) is 12.6. The molecule has 7 nitrogen and oxygen atoms in total. The van der Waals surface area contributed by atoms with Crippen LogP contribution in [0.2, 0.25) is 5.02 Å². The Balaban J connectivity index is 1.65. The summed E-state index contributed by atoms with van der Waals surface area (Å²) in [5, 5.41) is 9.86. The minimum atomic E-state index is -0.769. The number of hydrogen-bond donors (Lipinski definition) is 2. The molecule has 2 N–H and O–H groups in total. The van der Waals surface area contributed by atoms with E-state index in [0.717, 1.165) is 0 Å². The number of rotatable bonds is 5. The van der Waals surface area contributed by atoms with E-state index in [1.54, 1.807) is 66.7 Å². The van der Waals surface area contributed by atoms with E-state index in [1.165, 1.54) is 0 Å². The molecule has 1 atom stereocenters. The summed E-state index contributed by atoms with van der Waals surface area (Å²) in [6.07, 6.45) is 4.93. The fourth-order valence-electron chi connectivity index (χ4n) is 2.46.